The molecule has 5 atom stereocenters. The fourth-order valence-corrected chi connectivity index (χ4v) is 5.70. The van der Waals surface area contributed by atoms with E-state index < -0.39 is 0 Å². The fraction of sp³-hybridized carbons (Fsp3) is 0.944. The van der Waals surface area contributed by atoms with E-state index in [0.717, 1.165) is 30.6 Å². The predicted octanol–water partition coefficient (Wildman–Crippen LogP) is 4.84. The minimum absolute atomic E-state index is 0.474. The van der Waals surface area contributed by atoms with Gasteiger partial charge in [0.25, 0.3) is 0 Å². The summed E-state index contributed by atoms with van der Waals surface area (Å²) in [6.45, 7) is 9.94. The van der Waals surface area contributed by atoms with Gasteiger partial charge in [-0.15, -0.1) is 0 Å². The lowest BCUT2D eigenvalue weighted by Crippen LogP contribution is -2.52. The summed E-state index contributed by atoms with van der Waals surface area (Å²) in [6, 6.07) is 0. The Kier molecular flexibility index (Phi) is 3.11. The van der Waals surface area contributed by atoms with Crippen LogP contribution < -0.4 is 0 Å². The lowest BCUT2D eigenvalue weighted by Gasteiger charge is -2.59. The lowest BCUT2D eigenvalue weighted by atomic mass is 9.45. The Morgan fingerprint density at radius 3 is 2.53 bits per heavy atom. The Balaban J connectivity index is 1.87. The second-order valence-corrected chi connectivity index (χ2v) is 8.61. The smallest absolute Gasteiger partial charge is 0.133 e. The third kappa shape index (κ3) is 1.99. The van der Waals surface area contributed by atoms with E-state index in [1.54, 1.807) is 0 Å². The number of fused-ring (bicyclic) bond motifs is 3. The van der Waals surface area contributed by atoms with Gasteiger partial charge in [-0.1, -0.05) is 27.7 Å². The van der Waals surface area contributed by atoms with Gasteiger partial charge in [0.05, 0.1) is 0 Å². The molecule has 0 aliphatic heterocycles. The van der Waals surface area contributed by atoms with Crippen molar-refractivity contribution < 1.29 is 4.79 Å². The average molecular weight is 262 g/mol. The Bertz CT molecular complexity index is 383. The van der Waals surface area contributed by atoms with Crippen LogP contribution in [0.25, 0.3) is 0 Å². The second-order valence-electron chi connectivity index (χ2n) is 8.61. The number of hydrogen-bond acceptors (Lipinski definition) is 1. The highest BCUT2D eigenvalue weighted by Gasteiger charge is 2.54. The van der Waals surface area contributed by atoms with Crippen molar-refractivity contribution in [2.75, 3.05) is 0 Å². The summed E-state index contributed by atoms with van der Waals surface area (Å²) in [5.74, 6) is 3.88. The molecule has 1 nitrogen and oxygen atoms in total. The van der Waals surface area contributed by atoms with E-state index in [-0.39, 0.29) is 0 Å². The molecule has 0 aromatic rings. The van der Waals surface area contributed by atoms with Gasteiger partial charge in [0.1, 0.15) is 5.78 Å². The quantitative estimate of drug-likeness (QED) is 0.610. The molecule has 108 valence electrons. The molecule has 0 heterocycles. The number of ketones is 1. The van der Waals surface area contributed by atoms with E-state index >= 15 is 0 Å². The monoisotopic (exact) mass is 262 g/mol. The number of carbonyl (C=O) groups is 1. The first-order valence-corrected chi connectivity index (χ1v) is 8.36. The van der Waals surface area contributed by atoms with Crippen LogP contribution in [0.2, 0.25) is 0 Å². The fourth-order valence-electron chi connectivity index (χ4n) is 5.70. The van der Waals surface area contributed by atoms with Crippen LogP contribution in [0.1, 0.15) is 72.6 Å². The summed E-state index contributed by atoms with van der Waals surface area (Å²) in [6.07, 6.45) is 8.39. The summed E-state index contributed by atoms with van der Waals surface area (Å²) < 4.78 is 0. The molecule has 0 bridgehead atoms. The van der Waals surface area contributed by atoms with Crippen molar-refractivity contribution in [1.82, 2.24) is 0 Å². The Morgan fingerprint density at radius 2 is 1.79 bits per heavy atom. The van der Waals surface area contributed by atoms with Gasteiger partial charge < -0.3 is 0 Å². The van der Waals surface area contributed by atoms with Crippen molar-refractivity contribution in [3.05, 3.63) is 0 Å². The maximum absolute atomic E-state index is 11.8. The average Bonchev–Trinajstić information content (AvgIpc) is 2.35. The minimum Gasteiger partial charge on any atom is -0.300 e. The van der Waals surface area contributed by atoms with Crippen LogP contribution in [-0.2, 0) is 4.79 Å². The zero-order valence-corrected chi connectivity index (χ0v) is 13.2. The summed E-state index contributed by atoms with van der Waals surface area (Å²) in [5, 5.41) is 0. The normalized spacial score (nSPS) is 49.4. The van der Waals surface area contributed by atoms with Gasteiger partial charge in [-0.2, -0.15) is 0 Å². The van der Waals surface area contributed by atoms with Crippen LogP contribution in [0.4, 0.5) is 0 Å². The van der Waals surface area contributed by atoms with Crippen LogP contribution >= 0.6 is 0 Å². The molecule has 3 fully saturated rings. The number of rotatable bonds is 0. The van der Waals surface area contributed by atoms with Crippen molar-refractivity contribution in [3.8, 4) is 0 Å². The molecule has 3 aliphatic carbocycles. The molecule has 3 saturated carbocycles. The zero-order chi connectivity index (χ0) is 13.8. The predicted molar refractivity (Wildman–Crippen MR) is 78.8 cm³/mol. The van der Waals surface area contributed by atoms with Gasteiger partial charge in [-0.3, -0.25) is 4.79 Å². The van der Waals surface area contributed by atoms with Crippen LogP contribution in [0.5, 0.6) is 0 Å². The molecule has 0 aromatic carbocycles. The first kappa shape index (κ1) is 13.6. The highest BCUT2D eigenvalue weighted by Crippen LogP contribution is 2.62. The topological polar surface area (TPSA) is 17.1 Å². The third-order valence-corrected chi connectivity index (χ3v) is 7.54. The molecule has 0 spiro atoms. The van der Waals surface area contributed by atoms with Crippen molar-refractivity contribution in [2.45, 2.75) is 72.6 Å². The van der Waals surface area contributed by atoms with Crippen LogP contribution in [0, 0.1) is 34.5 Å². The van der Waals surface area contributed by atoms with E-state index in [1.807, 2.05) is 0 Å². The molecule has 3 aliphatic rings. The van der Waals surface area contributed by atoms with Crippen molar-refractivity contribution in [1.29, 1.82) is 0 Å². The van der Waals surface area contributed by atoms with Crippen molar-refractivity contribution in [2.24, 2.45) is 34.5 Å². The molecule has 5 unspecified atom stereocenters. The standard InChI is InChI=1S/C18H30O/c1-12-15-6-5-13-11-14(19)7-10-18(13,4)16(15)8-9-17(12,2)3/h12-13,15-16H,5-11H2,1-4H3. The van der Waals surface area contributed by atoms with Gasteiger partial charge in [-0.05, 0) is 66.6 Å². The van der Waals surface area contributed by atoms with E-state index in [9.17, 15) is 4.79 Å². The summed E-state index contributed by atoms with van der Waals surface area (Å²) in [7, 11) is 0. The van der Waals surface area contributed by atoms with Crippen LogP contribution in [0.3, 0.4) is 0 Å². The molecule has 3 rings (SSSR count). The van der Waals surface area contributed by atoms with Gasteiger partial charge in [-0.25, -0.2) is 0 Å². The van der Waals surface area contributed by atoms with Gasteiger partial charge in [0.15, 0.2) is 0 Å². The summed E-state index contributed by atoms with van der Waals surface area (Å²) in [5.41, 5.74) is 0.996. The highest BCUT2D eigenvalue weighted by molar-refractivity contribution is 5.79. The lowest BCUT2D eigenvalue weighted by molar-refractivity contribution is -0.137. The highest BCUT2D eigenvalue weighted by atomic mass is 16.1. The van der Waals surface area contributed by atoms with Gasteiger partial charge >= 0.3 is 0 Å². The number of hydrogen-bond donors (Lipinski definition) is 0. The zero-order valence-electron chi connectivity index (χ0n) is 13.2. The van der Waals surface area contributed by atoms with Crippen molar-refractivity contribution in [3.63, 3.8) is 0 Å². The van der Waals surface area contributed by atoms with E-state index in [1.165, 1.54) is 32.1 Å². The Hall–Kier alpha value is -0.330. The number of carbonyl (C=O) groups excluding carboxylic acids is 1. The molecule has 0 radical (unpaired) electrons. The molecular weight excluding hydrogens is 232 g/mol. The molecular formula is C18H30O. The first-order chi connectivity index (χ1) is 8.84. The van der Waals surface area contributed by atoms with Crippen LogP contribution in [0.15, 0.2) is 0 Å². The molecule has 0 aromatic heterocycles. The van der Waals surface area contributed by atoms with E-state index in [2.05, 4.69) is 27.7 Å². The maximum atomic E-state index is 11.8. The largest absolute Gasteiger partial charge is 0.300 e. The minimum atomic E-state index is 0.474. The number of Topliss-reactive ketones (excluding diaryl/α,β-unsaturated/α-hetero) is 1. The summed E-state index contributed by atoms with van der Waals surface area (Å²) >= 11 is 0. The van der Waals surface area contributed by atoms with Gasteiger partial charge in [0.2, 0.25) is 0 Å². The molecule has 0 N–H and O–H groups in total. The maximum Gasteiger partial charge on any atom is 0.133 e. The molecule has 0 saturated heterocycles. The Labute approximate surface area is 118 Å². The second kappa shape index (κ2) is 4.33. The van der Waals surface area contributed by atoms with Crippen LogP contribution in [-0.4, -0.2) is 5.78 Å². The molecule has 19 heavy (non-hydrogen) atoms. The first-order valence-electron chi connectivity index (χ1n) is 8.36. The van der Waals surface area contributed by atoms with Crippen molar-refractivity contribution >= 4 is 5.78 Å². The van der Waals surface area contributed by atoms with Gasteiger partial charge in [0, 0.05) is 12.8 Å². The Morgan fingerprint density at radius 1 is 1.05 bits per heavy atom. The van der Waals surface area contributed by atoms with E-state index in [0.29, 0.717) is 22.5 Å². The molecule has 1 heteroatoms. The third-order valence-electron chi connectivity index (χ3n) is 7.54. The SMILES string of the molecule is CC1C2CCC3CC(=O)CCC3(C)C2CCC1(C)C. The molecule has 0 amide bonds. The summed E-state index contributed by atoms with van der Waals surface area (Å²) in [4.78, 5) is 11.8. The van der Waals surface area contributed by atoms with E-state index in [4.69, 9.17) is 0 Å².